The van der Waals surface area contributed by atoms with E-state index in [9.17, 15) is 18.0 Å². The number of ether oxygens (including phenoxy) is 1. The number of aromatic nitrogens is 3. The molecule has 11 heteroatoms. The molecule has 1 aliphatic carbocycles. The van der Waals surface area contributed by atoms with Gasteiger partial charge in [0.25, 0.3) is 0 Å². The number of alkyl halides is 3. The Balaban J connectivity index is 1.47. The summed E-state index contributed by atoms with van der Waals surface area (Å²) < 4.78 is 46.4. The number of urea groups is 1. The maximum atomic E-state index is 13.5. The fraction of sp³-hybridized carbons (Fsp3) is 0.625. The van der Waals surface area contributed by atoms with Gasteiger partial charge in [-0.2, -0.15) is 18.3 Å². The van der Waals surface area contributed by atoms with Crippen LogP contribution < -0.4 is 4.90 Å². The zero-order valence-electron chi connectivity index (χ0n) is 20.6. The van der Waals surface area contributed by atoms with Gasteiger partial charge in [0.15, 0.2) is 0 Å². The van der Waals surface area contributed by atoms with Gasteiger partial charge in [-0.1, -0.05) is 38.9 Å². The molecule has 2 aromatic rings. The van der Waals surface area contributed by atoms with Crippen molar-refractivity contribution in [3.63, 3.8) is 0 Å². The Labute approximate surface area is 205 Å². The maximum absolute atomic E-state index is 13.5. The van der Waals surface area contributed by atoms with E-state index in [2.05, 4.69) is 29.7 Å². The number of carbonyl (C=O) groups excluding carboxylic acids is 1. The summed E-state index contributed by atoms with van der Waals surface area (Å²) in [6.07, 6.45) is 5.21. The Morgan fingerprint density at radius 3 is 2.49 bits per heavy atom. The van der Waals surface area contributed by atoms with Gasteiger partial charge in [-0.15, -0.1) is 0 Å². The fourth-order valence-corrected chi connectivity index (χ4v) is 5.62. The van der Waals surface area contributed by atoms with Crippen molar-refractivity contribution in [2.45, 2.75) is 82.8 Å². The molecule has 2 aromatic heterocycles. The number of anilines is 1. The van der Waals surface area contributed by atoms with Crippen molar-refractivity contribution in [1.82, 2.24) is 19.7 Å². The molecule has 0 bridgehead atoms. The summed E-state index contributed by atoms with van der Waals surface area (Å²) in [7, 11) is -1.16. The highest BCUT2D eigenvalue weighted by Crippen LogP contribution is 2.42. The second-order valence-corrected chi connectivity index (χ2v) is 16.5. The first-order valence-electron chi connectivity index (χ1n) is 12.2. The van der Waals surface area contributed by atoms with Crippen molar-refractivity contribution in [3.8, 4) is 0 Å². The quantitative estimate of drug-likeness (QED) is 0.336. The van der Waals surface area contributed by atoms with Crippen LogP contribution in [0.3, 0.4) is 0 Å². The second kappa shape index (κ2) is 9.92. The zero-order chi connectivity index (χ0) is 25.3. The van der Waals surface area contributed by atoms with E-state index in [4.69, 9.17) is 4.74 Å². The summed E-state index contributed by atoms with van der Waals surface area (Å²) in [5.41, 5.74) is -0.00317. The number of nitrogens with zero attached hydrogens (tertiary/aromatic N) is 5. The molecule has 1 saturated heterocycles. The van der Waals surface area contributed by atoms with Crippen molar-refractivity contribution in [1.29, 1.82) is 0 Å². The van der Waals surface area contributed by atoms with Gasteiger partial charge in [-0.3, -0.25) is 4.90 Å². The Morgan fingerprint density at radius 1 is 1.11 bits per heavy atom. The molecule has 0 radical (unpaired) electrons. The molecule has 2 fully saturated rings. The summed E-state index contributed by atoms with van der Waals surface area (Å²) in [5, 5.41) is 4.40. The van der Waals surface area contributed by atoms with Crippen molar-refractivity contribution < 1.29 is 22.7 Å². The SMILES string of the molecule is C[Si](C)(C)CCOCn1cc(CN2C(=O)N(c3ccc(C(F)(F)F)nc3)CC23CCCCC3)cn1. The zero-order valence-corrected chi connectivity index (χ0v) is 21.6. The van der Waals surface area contributed by atoms with Crippen LogP contribution in [0, 0.1) is 0 Å². The largest absolute Gasteiger partial charge is 0.433 e. The molecule has 0 N–H and O–H groups in total. The number of hydrogen-bond acceptors (Lipinski definition) is 4. The van der Waals surface area contributed by atoms with Gasteiger partial charge >= 0.3 is 12.2 Å². The Morgan fingerprint density at radius 2 is 1.86 bits per heavy atom. The molecule has 1 aliphatic heterocycles. The van der Waals surface area contributed by atoms with Gasteiger partial charge in [-0.05, 0) is 31.0 Å². The smallest absolute Gasteiger partial charge is 0.360 e. The number of pyridine rings is 1. The van der Waals surface area contributed by atoms with Crippen molar-refractivity contribution >= 4 is 19.8 Å². The molecule has 0 unspecified atom stereocenters. The predicted octanol–water partition coefficient (Wildman–Crippen LogP) is 5.75. The van der Waals surface area contributed by atoms with Crippen LogP contribution in [-0.4, -0.2) is 52.5 Å². The van der Waals surface area contributed by atoms with Crippen molar-refractivity contribution in [2.24, 2.45) is 0 Å². The molecule has 7 nitrogen and oxygen atoms in total. The lowest BCUT2D eigenvalue weighted by molar-refractivity contribution is -0.141. The maximum Gasteiger partial charge on any atom is 0.433 e. The summed E-state index contributed by atoms with van der Waals surface area (Å²) in [6, 6.07) is 3.15. The standard InChI is InChI=1S/C24H34F3N5O2Si/c1-35(2,3)12-11-34-18-30-15-19(13-29-30)16-32-22(33)31(17-23(32)9-5-4-6-10-23)20-7-8-21(28-14-20)24(25,26)27/h7-8,13-15H,4-6,9-12,16-18H2,1-3H3. The average Bonchev–Trinajstić information content (AvgIpc) is 3.35. The second-order valence-electron chi connectivity index (χ2n) is 10.9. The molecule has 4 rings (SSSR count). The third-order valence-electron chi connectivity index (χ3n) is 6.87. The van der Waals surface area contributed by atoms with E-state index in [1.165, 1.54) is 6.07 Å². The molecule has 0 aromatic carbocycles. The summed E-state index contributed by atoms with van der Waals surface area (Å²) in [5.74, 6) is 0. The molecule has 2 amide bonds. The molecule has 35 heavy (non-hydrogen) atoms. The van der Waals surface area contributed by atoms with Crippen molar-refractivity contribution in [3.05, 3.63) is 42.0 Å². The molecule has 2 aliphatic rings. The number of hydrogen-bond donors (Lipinski definition) is 0. The van der Waals surface area contributed by atoms with E-state index >= 15 is 0 Å². The van der Waals surface area contributed by atoms with Crippen LogP contribution in [0.25, 0.3) is 0 Å². The summed E-state index contributed by atoms with van der Waals surface area (Å²) in [4.78, 5) is 20.6. The molecular formula is C24H34F3N5O2Si. The highest BCUT2D eigenvalue weighted by atomic mass is 28.3. The third-order valence-corrected chi connectivity index (χ3v) is 8.57. The normalized spacial score (nSPS) is 18.6. The minimum absolute atomic E-state index is 0.201. The number of amides is 2. The Hall–Kier alpha value is -2.40. The number of rotatable bonds is 8. The van der Waals surface area contributed by atoms with Gasteiger partial charge in [0.1, 0.15) is 12.4 Å². The number of carbonyl (C=O) groups is 1. The Bertz CT molecular complexity index is 1010. The Kier molecular flexibility index (Phi) is 7.28. The topological polar surface area (TPSA) is 63.5 Å². The van der Waals surface area contributed by atoms with E-state index in [0.29, 0.717) is 32.1 Å². The molecule has 1 spiro atoms. The van der Waals surface area contributed by atoms with Gasteiger partial charge in [-0.25, -0.2) is 14.5 Å². The first-order chi connectivity index (χ1) is 16.5. The van der Waals surface area contributed by atoms with E-state index < -0.39 is 19.9 Å². The molecule has 1 saturated carbocycles. The molecular weight excluding hydrogens is 475 g/mol. The summed E-state index contributed by atoms with van der Waals surface area (Å²) in [6.45, 7) is 8.84. The minimum atomic E-state index is -4.51. The van der Waals surface area contributed by atoms with E-state index in [1.54, 1.807) is 15.8 Å². The lowest BCUT2D eigenvalue weighted by atomic mass is 9.81. The molecule has 192 valence electrons. The summed E-state index contributed by atoms with van der Waals surface area (Å²) >= 11 is 0. The van der Waals surface area contributed by atoms with Gasteiger partial charge in [0.2, 0.25) is 0 Å². The van der Waals surface area contributed by atoms with Crippen LogP contribution in [0.4, 0.5) is 23.7 Å². The van der Waals surface area contributed by atoms with Crippen molar-refractivity contribution in [2.75, 3.05) is 18.1 Å². The minimum Gasteiger partial charge on any atom is -0.360 e. The predicted molar refractivity (Wildman–Crippen MR) is 130 cm³/mol. The lowest BCUT2D eigenvalue weighted by Gasteiger charge is -2.39. The van der Waals surface area contributed by atoms with Crippen LogP contribution in [0.5, 0.6) is 0 Å². The number of halogens is 3. The van der Waals surface area contributed by atoms with Crippen LogP contribution in [0.2, 0.25) is 25.7 Å². The highest BCUT2D eigenvalue weighted by molar-refractivity contribution is 6.76. The van der Waals surface area contributed by atoms with E-state index in [-0.39, 0.29) is 11.6 Å². The van der Waals surface area contributed by atoms with Crippen LogP contribution >= 0.6 is 0 Å². The average molecular weight is 510 g/mol. The lowest BCUT2D eigenvalue weighted by Crippen LogP contribution is -2.48. The molecule has 3 heterocycles. The van der Waals surface area contributed by atoms with Crippen LogP contribution in [0.1, 0.15) is 43.4 Å². The van der Waals surface area contributed by atoms with Gasteiger partial charge < -0.3 is 9.64 Å². The van der Waals surface area contributed by atoms with Gasteiger partial charge in [0.05, 0.1) is 36.7 Å². The highest BCUT2D eigenvalue weighted by Gasteiger charge is 2.50. The van der Waals surface area contributed by atoms with E-state index in [0.717, 1.165) is 56.0 Å². The molecule has 0 atom stereocenters. The fourth-order valence-electron chi connectivity index (χ4n) is 4.86. The third kappa shape index (κ3) is 6.06. The first-order valence-corrected chi connectivity index (χ1v) is 15.9. The van der Waals surface area contributed by atoms with E-state index in [1.807, 2.05) is 11.1 Å². The van der Waals surface area contributed by atoms with Gasteiger partial charge in [0, 0.05) is 26.4 Å². The first kappa shape index (κ1) is 25.7. The van der Waals surface area contributed by atoms with Crippen LogP contribution in [0.15, 0.2) is 30.7 Å². The monoisotopic (exact) mass is 509 g/mol. The van der Waals surface area contributed by atoms with Crippen LogP contribution in [-0.2, 0) is 24.2 Å².